The highest BCUT2D eigenvalue weighted by molar-refractivity contribution is 5.53. The van der Waals surface area contributed by atoms with E-state index in [1.165, 1.54) is 0 Å². The van der Waals surface area contributed by atoms with E-state index in [1.807, 2.05) is 78.9 Å². The first-order valence-corrected chi connectivity index (χ1v) is 7.73. The molecule has 0 fully saturated rings. The number of rotatable bonds is 3. The van der Waals surface area contributed by atoms with Gasteiger partial charge in [-0.2, -0.15) is 0 Å². The van der Waals surface area contributed by atoms with Gasteiger partial charge in [0.1, 0.15) is 0 Å². The van der Waals surface area contributed by atoms with Gasteiger partial charge in [-0.15, -0.1) is 0 Å². The average Bonchev–Trinajstić information content (AvgIpc) is 2.67. The molecule has 1 heterocycles. The number of hydrogen-bond acceptors (Lipinski definition) is 2. The Morgan fingerprint density at radius 2 is 1.50 bits per heavy atom. The van der Waals surface area contributed by atoms with Crippen LogP contribution in [-0.2, 0) is 5.60 Å². The maximum atomic E-state index is 11.1. The molecule has 1 aromatic heterocycles. The van der Waals surface area contributed by atoms with Gasteiger partial charge in [-0.3, -0.25) is 4.98 Å². The highest BCUT2D eigenvalue weighted by atomic mass is 16.3. The second kappa shape index (κ2) is 7.41. The fraction of sp³-hybridized carbons (Fsp3) is 0.0455. The van der Waals surface area contributed by atoms with Crippen molar-refractivity contribution in [3.63, 3.8) is 0 Å². The third kappa shape index (κ3) is 3.98. The largest absolute Gasteiger partial charge is 0.369 e. The van der Waals surface area contributed by atoms with Crippen LogP contribution in [-0.4, -0.2) is 10.1 Å². The first-order valence-electron chi connectivity index (χ1n) is 7.73. The average molecular weight is 311 g/mol. The molecular formula is C22H17NO. The molecule has 1 N–H and O–H groups in total. The molecular weight excluding hydrogens is 294 g/mol. The van der Waals surface area contributed by atoms with Crippen LogP contribution in [0.15, 0.2) is 91.1 Å². The lowest BCUT2D eigenvalue weighted by molar-refractivity contribution is 0.150. The molecule has 2 heteroatoms. The number of aromatic nitrogens is 1. The highest BCUT2D eigenvalue weighted by Crippen LogP contribution is 2.21. The summed E-state index contributed by atoms with van der Waals surface area (Å²) in [5.74, 6) is 5.98. The van der Waals surface area contributed by atoms with Gasteiger partial charge in [0, 0.05) is 11.8 Å². The van der Waals surface area contributed by atoms with Crippen molar-refractivity contribution in [2.24, 2.45) is 0 Å². The molecule has 0 aliphatic rings. The molecule has 24 heavy (non-hydrogen) atoms. The van der Waals surface area contributed by atoms with Crippen molar-refractivity contribution in [1.82, 2.24) is 4.98 Å². The van der Waals surface area contributed by atoms with Gasteiger partial charge in [0.05, 0.1) is 5.69 Å². The maximum Gasteiger partial charge on any atom is 0.187 e. The van der Waals surface area contributed by atoms with Crippen molar-refractivity contribution in [3.05, 3.63) is 108 Å². The number of benzene rings is 2. The predicted molar refractivity (Wildman–Crippen MR) is 96.9 cm³/mol. The molecule has 0 aliphatic heterocycles. The Labute approximate surface area is 142 Å². The summed E-state index contributed by atoms with van der Waals surface area (Å²) in [5.41, 5.74) is 0.890. The standard InChI is InChI=1S/C22H17NO/c24-22(21-13-7-8-18-23-21,16-14-19-9-3-1-4-10-19)17-15-20-11-5-2-6-12-20/h1-14,16,18,24H/b16-14+. The smallest absolute Gasteiger partial charge is 0.187 e. The van der Waals surface area contributed by atoms with E-state index in [1.54, 1.807) is 18.3 Å². The second-order valence-electron chi connectivity index (χ2n) is 5.34. The van der Waals surface area contributed by atoms with Crippen LogP contribution >= 0.6 is 0 Å². The summed E-state index contributed by atoms with van der Waals surface area (Å²) in [6.07, 6.45) is 5.19. The van der Waals surface area contributed by atoms with Gasteiger partial charge in [-0.1, -0.05) is 72.5 Å². The Bertz CT molecular complexity index is 861. The lowest BCUT2D eigenvalue weighted by Crippen LogP contribution is -2.22. The molecule has 2 aromatic carbocycles. The normalized spacial score (nSPS) is 13.0. The molecule has 0 aliphatic carbocycles. The van der Waals surface area contributed by atoms with Crippen LogP contribution in [0.25, 0.3) is 6.08 Å². The minimum Gasteiger partial charge on any atom is -0.369 e. The first-order chi connectivity index (χ1) is 11.8. The van der Waals surface area contributed by atoms with Crippen molar-refractivity contribution in [1.29, 1.82) is 0 Å². The summed E-state index contributed by atoms with van der Waals surface area (Å²) in [4.78, 5) is 4.27. The molecule has 1 atom stereocenters. The molecule has 1 unspecified atom stereocenters. The van der Waals surface area contributed by atoms with Crippen LogP contribution in [0.5, 0.6) is 0 Å². The predicted octanol–water partition coefficient (Wildman–Crippen LogP) is 4.03. The molecule has 0 amide bonds. The molecule has 3 aromatic rings. The molecule has 0 saturated carbocycles. The highest BCUT2D eigenvalue weighted by Gasteiger charge is 2.24. The zero-order chi connectivity index (χ0) is 16.7. The molecule has 0 spiro atoms. The van der Waals surface area contributed by atoms with Crippen molar-refractivity contribution in [2.45, 2.75) is 5.60 Å². The summed E-state index contributed by atoms with van der Waals surface area (Å²) < 4.78 is 0. The lowest BCUT2D eigenvalue weighted by atomic mass is 9.97. The molecule has 0 radical (unpaired) electrons. The van der Waals surface area contributed by atoms with Crippen LogP contribution in [0.1, 0.15) is 16.8 Å². The van der Waals surface area contributed by atoms with Crippen LogP contribution < -0.4 is 0 Å². The Kier molecular flexibility index (Phi) is 4.86. The first kappa shape index (κ1) is 15.7. The fourth-order valence-electron chi connectivity index (χ4n) is 2.25. The molecule has 116 valence electrons. The molecule has 2 nitrogen and oxygen atoms in total. The Balaban J connectivity index is 1.99. The van der Waals surface area contributed by atoms with E-state index in [4.69, 9.17) is 0 Å². The number of aliphatic hydroxyl groups is 1. The third-order valence-electron chi connectivity index (χ3n) is 3.54. The van der Waals surface area contributed by atoms with Crippen LogP contribution in [0.2, 0.25) is 0 Å². The Morgan fingerprint density at radius 1 is 0.833 bits per heavy atom. The van der Waals surface area contributed by atoms with Gasteiger partial charge < -0.3 is 5.11 Å². The van der Waals surface area contributed by atoms with Gasteiger partial charge in [-0.05, 0) is 35.9 Å². The third-order valence-corrected chi connectivity index (χ3v) is 3.54. The van der Waals surface area contributed by atoms with Crippen molar-refractivity contribution in [2.75, 3.05) is 0 Å². The van der Waals surface area contributed by atoms with Gasteiger partial charge >= 0.3 is 0 Å². The van der Waals surface area contributed by atoms with E-state index in [-0.39, 0.29) is 0 Å². The van der Waals surface area contributed by atoms with Crippen molar-refractivity contribution >= 4 is 6.08 Å². The van der Waals surface area contributed by atoms with Crippen LogP contribution in [0.3, 0.4) is 0 Å². The summed E-state index contributed by atoms with van der Waals surface area (Å²) >= 11 is 0. The minimum atomic E-state index is -1.45. The van der Waals surface area contributed by atoms with Gasteiger partial charge in [0.15, 0.2) is 5.60 Å². The van der Waals surface area contributed by atoms with Gasteiger partial charge in [0.2, 0.25) is 0 Å². The number of pyridine rings is 1. The number of hydrogen-bond donors (Lipinski definition) is 1. The summed E-state index contributed by atoms with van der Waals surface area (Å²) in [5, 5.41) is 11.1. The minimum absolute atomic E-state index is 0.501. The fourth-order valence-corrected chi connectivity index (χ4v) is 2.25. The summed E-state index contributed by atoms with van der Waals surface area (Å²) in [7, 11) is 0. The van der Waals surface area contributed by atoms with Crippen molar-refractivity contribution in [3.8, 4) is 11.8 Å². The van der Waals surface area contributed by atoms with E-state index in [0.717, 1.165) is 11.1 Å². The van der Waals surface area contributed by atoms with E-state index in [0.29, 0.717) is 5.69 Å². The van der Waals surface area contributed by atoms with E-state index in [2.05, 4.69) is 16.8 Å². The zero-order valence-electron chi connectivity index (χ0n) is 13.1. The molecule has 3 rings (SSSR count). The van der Waals surface area contributed by atoms with E-state index in [9.17, 15) is 5.11 Å². The van der Waals surface area contributed by atoms with Crippen LogP contribution in [0.4, 0.5) is 0 Å². The maximum absolute atomic E-state index is 11.1. The van der Waals surface area contributed by atoms with Crippen molar-refractivity contribution < 1.29 is 5.11 Å². The summed E-state index contributed by atoms with van der Waals surface area (Å²) in [6, 6.07) is 24.8. The topological polar surface area (TPSA) is 33.1 Å². The molecule has 0 saturated heterocycles. The SMILES string of the molecule is OC(C#Cc1ccccc1)(/C=C/c1ccccc1)c1ccccn1. The zero-order valence-corrected chi connectivity index (χ0v) is 13.1. The van der Waals surface area contributed by atoms with Gasteiger partial charge in [-0.25, -0.2) is 0 Å². The number of nitrogens with zero attached hydrogens (tertiary/aromatic N) is 1. The molecule has 0 bridgehead atoms. The quantitative estimate of drug-likeness (QED) is 0.741. The second-order valence-corrected chi connectivity index (χ2v) is 5.34. The summed E-state index contributed by atoms with van der Waals surface area (Å²) in [6.45, 7) is 0. The monoisotopic (exact) mass is 311 g/mol. The Morgan fingerprint density at radius 3 is 2.17 bits per heavy atom. The Hall–Kier alpha value is -3.15. The van der Waals surface area contributed by atoms with Gasteiger partial charge in [0.25, 0.3) is 0 Å². The lowest BCUT2D eigenvalue weighted by Gasteiger charge is -2.17. The van der Waals surface area contributed by atoms with E-state index >= 15 is 0 Å². The van der Waals surface area contributed by atoms with Crippen LogP contribution in [0, 0.1) is 11.8 Å². The van der Waals surface area contributed by atoms with E-state index < -0.39 is 5.60 Å².